The number of benzene rings is 7. The van der Waals surface area contributed by atoms with Crippen molar-refractivity contribution in [3.05, 3.63) is 170 Å². The zero-order valence-electron chi connectivity index (χ0n) is 22.1. The van der Waals surface area contributed by atoms with Gasteiger partial charge in [0.1, 0.15) is 0 Å². The molecule has 0 spiro atoms. The van der Waals surface area contributed by atoms with E-state index in [2.05, 4.69) is 180 Å². The number of nitrogens with zero attached hydrogens (tertiary/aromatic N) is 2. The SMILES string of the molecule is c1ccc(N(c2ccccc2)N(c2ccccc2)c2ccccc2-c2cc3ccccc3c3ccccc23)cc1. The first-order valence-corrected chi connectivity index (χ1v) is 13.6. The van der Waals surface area contributed by atoms with Crippen molar-refractivity contribution in [2.45, 2.75) is 0 Å². The number of fused-ring (bicyclic) bond motifs is 3. The number of hydrogen-bond acceptors (Lipinski definition) is 2. The van der Waals surface area contributed by atoms with Gasteiger partial charge in [-0.3, -0.25) is 0 Å². The van der Waals surface area contributed by atoms with E-state index in [1.165, 1.54) is 32.7 Å². The molecule has 40 heavy (non-hydrogen) atoms. The van der Waals surface area contributed by atoms with Gasteiger partial charge in [-0.15, -0.1) is 0 Å². The summed E-state index contributed by atoms with van der Waals surface area (Å²) in [6.45, 7) is 0. The lowest BCUT2D eigenvalue weighted by Crippen LogP contribution is -2.36. The topological polar surface area (TPSA) is 6.48 Å². The number of anilines is 4. The fourth-order valence-electron chi connectivity index (χ4n) is 5.61. The highest BCUT2D eigenvalue weighted by atomic mass is 15.6. The van der Waals surface area contributed by atoms with Crippen LogP contribution in [-0.2, 0) is 0 Å². The zero-order chi connectivity index (χ0) is 26.7. The first-order chi connectivity index (χ1) is 19.9. The maximum atomic E-state index is 2.34. The van der Waals surface area contributed by atoms with Crippen LogP contribution in [0.1, 0.15) is 0 Å². The first kappa shape index (κ1) is 23.8. The fourth-order valence-corrected chi connectivity index (χ4v) is 5.61. The molecule has 0 aromatic heterocycles. The molecule has 0 radical (unpaired) electrons. The lowest BCUT2D eigenvalue weighted by molar-refractivity contribution is 0.991. The summed E-state index contributed by atoms with van der Waals surface area (Å²) >= 11 is 0. The van der Waals surface area contributed by atoms with Crippen molar-refractivity contribution in [2.75, 3.05) is 10.0 Å². The Bertz CT molecular complexity index is 1860. The molecule has 0 heterocycles. The molecule has 0 fully saturated rings. The summed E-state index contributed by atoms with van der Waals surface area (Å²) in [4.78, 5) is 0. The minimum absolute atomic E-state index is 1.08. The molecular weight excluding hydrogens is 484 g/mol. The van der Waals surface area contributed by atoms with Crippen molar-refractivity contribution in [1.29, 1.82) is 0 Å². The zero-order valence-corrected chi connectivity index (χ0v) is 22.1. The van der Waals surface area contributed by atoms with Gasteiger partial charge >= 0.3 is 0 Å². The van der Waals surface area contributed by atoms with Crippen LogP contribution in [0.5, 0.6) is 0 Å². The summed E-state index contributed by atoms with van der Waals surface area (Å²) in [7, 11) is 0. The molecule has 0 atom stereocenters. The Labute approximate surface area is 235 Å². The second-order valence-electron chi connectivity index (χ2n) is 9.84. The predicted octanol–water partition coefficient (Wildman–Crippen LogP) is 10.6. The lowest BCUT2D eigenvalue weighted by Gasteiger charge is -2.39. The highest BCUT2D eigenvalue weighted by Gasteiger charge is 2.24. The smallest absolute Gasteiger partial charge is 0.0715 e. The third kappa shape index (κ3) is 4.26. The van der Waals surface area contributed by atoms with Crippen LogP contribution in [0.3, 0.4) is 0 Å². The molecule has 0 N–H and O–H groups in total. The van der Waals surface area contributed by atoms with E-state index in [1.807, 2.05) is 0 Å². The van der Waals surface area contributed by atoms with Crippen LogP contribution in [0.2, 0.25) is 0 Å². The summed E-state index contributed by atoms with van der Waals surface area (Å²) in [5.41, 5.74) is 6.72. The van der Waals surface area contributed by atoms with Gasteiger partial charge in [-0.25, -0.2) is 10.0 Å². The molecule has 0 unspecified atom stereocenters. The van der Waals surface area contributed by atoms with Crippen LogP contribution < -0.4 is 10.0 Å². The van der Waals surface area contributed by atoms with E-state index < -0.39 is 0 Å². The van der Waals surface area contributed by atoms with Gasteiger partial charge in [0.25, 0.3) is 0 Å². The van der Waals surface area contributed by atoms with Crippen molar-refractivity contribution in [1.82, 2.24) is 0 Å². The molecule has 0 saturated heterocycles. The van der Waals surface area contributed by atoms with Gasteiger partial charge in [0.05, 0.1) is 22.7 Å². The molecule has 2 nitrogen and oxygen atoms in total. The van der Waals surface area contributed by atoms with E-state index in [-0.39, 0.29) is 0 Å². The number of hydrazine groups is 1. The van der Waals surface area contributed by atoms with Crippen LogP contribution in [0.25, 0.3) is 32.7 Å². The summed E-state index contributed by atoms with van der Waals surface area (Å²) < 4.78 is 0. The largest absolute Gasteiger partial charge is 0.249 e. The molecule has 7 aromatic rings. The average Bonchev–Trinajstić information content (AvgIpc) is 3.04. The summed E-state index contributed by atoms with van der Waals surface area (Å²) in [5.74, 6) is 0. The van der Waals surface area contributed by atoms with Gasteiger partial charge in [-0.2, -0.15) is 0 Å². The Kier molecular flexibility index (Phi) is 6.20. The van der Waals surface area contributed by atoms with E-state index in [1.54, 1.807) is 0 Å². The molecule has 0 aliphatic rings. The van der Waals surface area contributed by atoms with Gasteiger partial charge < -0.3 is 0 Å². The Balaban J connectivity index is 1.54. The second-order valence-corrected chi connectivity index (χ2v) is 9.84. The minimum Gasteiger partial charge on any atom is -0.249 e. The maximum Gasteiger partial charge on any atom is 0.0715 e. The third-order valence-electron chi connectivity index (χ3n) is 7.39. The first-order valence-electron chi connectivity index (χ1n) is 13.6. The Hall–Kier alpha value is -5.34. The average molecular weight is 513 g/mol. The van der Waals surface area contributed by atoms with Gasteiger partial charge in [0.2, 0.25) is 0 Å². The normalized spacial score (nSPS) is 11.0. The van der Waals surface area contributed by atoms with Crippen molar-refractivity contribution in [3.8, 4) is 11.1 Å². The molecule has 0 aliphatic heterocycles. The highest BCUT2D eigenvalue weighted by molar-refractivity contribution is 6.14. The molecule has 7 rings (SSSR count). The van der Waals surface area contributed by atoms with Crippen LogP contribution in [-0.4, -0.2) is 0 Å². The second kappa shape index (κ2) is 10.4. The molecule has 0 aliphatic carbocycles. The van der Waals surface area contributed by atoms with Crippen LogP contribution in [0.15, 0.2) is 170 Å². The van der Waals surface area contributed by atoms with Crippen LogP contribution in [0.4, 0.5) is 22.7 Å². The monoisotopic (exact) mass is 512 g/mol. The van der Waals surface area contributed by atoms with Gasteiger partial charge in [0.15, 0.2) is 0 Å². The maximum absolute atomic E-state index is 2.34. The van der Waals surface area contributed by atoms with E-state index >= 15 is 0 Å². The fraction of sp³-hybridized carbons (Fsp3) is 0. The quantitative estimate of drug-likeness (QED) is 0.161. The molecule has 0 saturated carbocycles. The highest BCUT2D eigenvalue weighted by Crippen LogP contribution is 2.44. The molecule has 190 valence electrons. The molecule has 2 heteroatoms. The Morgan fingerprint density at radius 2 is 0.750 bits per heavy atom. The van der Waals surface area contributed by atoms with Crippen molar-refractivity contribution < 1.29 is 0 Å². The third-order valence-corrected chi connectivity index (χ3v) is 7.39. The number of rotatable bonds is 6. The molecule has 0 bridgehead atoms. The number of para-hydroxylation sites is 4. The van der Waals surface area contributed by atoms with Crippen LogP contribution in [0, 0.1) is 0 Å². The van der Waals surface area contributed by atoms with Crippen molar-refractivity contribution in [3.63, 3.8) is 0 Å². The van der Waals surface area contributed by atoms with Crippen LogP contribution >= 0.6 is 0 Å². The van der Waals surface area contributed by atoms with E-state index in [4.69, 9.17) is 0 Å². The number of hydrogen-bond donors (Lipinski definition) is 0. The molecule has 0 amide bonds. The van der Waals surface area contributed by atoms with Gasteiger partial charge in [-0.05, 0) is 75.6 Å². The summed E-state index contributed by atoms with van der Waals surface area (Å²) in [5, 5.41) is 9.66. The van der Waals surface area contributed by atoms with E-state index in [0.29, 0.717) is 0 Å². The Morgan fingerprint density at radius 1 is 0.300 bits per heavy atom. The Morgan fingerprint density at radius 3 is 1.38 bits per heavy atom. The van der Waals surface area contributed by atoms with E-state index in [9.17, 15) is 0 Å². The summed E-state index contributed by atoms with van der Waals surface area (Å²) in [6, 6.07) is 60.3. The predicted molar refractivity (Wildman–Crippen MR) is 170 cm³/mol. The van der Waals surface area contributed by atoms with E-state index in [0.717, 1.165) is 22.7 Å². The lowest BCUT2D eigenvalue weighted by atomic mass is 9.92. The standard InChI is InChI=1S/C38H28N2/c1-4-17-30(18-5-1)39(31-19-6-2-7-20-31)40(32-21-8-3-9-22-32)38-27-15-14-26-36(38)37-28-29-16-10-11-23-33(29)34-24-12-13-25-35(34)37/h1-28H. The van der Waals surface area contributed by atoms with Crippen molar-refractivity contribution in [2.24, 2.45) is 0 Å². The summed E-state index contributed by atoms with van der Waals surface area (Å²) in [6.07, 6.45) is 0. The van der Waals surface area contributed by atoms with Gasteiger partial charge in [0, 0.05) is 5.56 Å². The minimum atomic E-state index is 1.08. The molecule has 7 aromatic carbocycles. The molecular formula is C38H28N2. The van der Waals surface area contributed by atoms with Gasteiger partial charge in [-0.1, -0.05) is 121 Å². The van der Waals surface area contributed by atoms with Crippen molar-refractivity contribution >= 4 is 44.3 Å².